The molecule has 0 aromatic carbocycles. The Kier molecular flexibility index (Phi) is 3.37. The fourth-order valence-electron chi connectivity index (χ4n) is 2.32. The van der Waals surface area contributed by atoms with Gasteiger partial charge >= 0.3 is 0 Å². The second kappa shape index (κ2) is 5.16. The first-order chi connectivity index (χ1) is 10.5. The van der Waals surface area contributed by atoms with E-state index in [1.807, 2.05) is 24.3 Å². The summed E-state index contributed by atoms with van der Waals surface area (Å²) in [7, 11) is 0. The summed E-state index contributed by atoms with van der Waals surface area (Å²) in [5.74, 6) is 0. The van der Waals surface area contributed by atoms with E-state index in [-0.39, 0.29) is 0 Å². The number of halogens is 2. The smallest absolute Gasteiger partial charge is 0.267 e. The van der Waals surface area contributed by atoms with Crippen LogP contribution in [-0.4, -0.2) is 9.97 Å². The molecule has 4 rings (SSSR count). The third-order valence-corrected chi connectivity index (χ3v) is 6.45. The van der Waals surface area contributed by atoms with Crippen LogP contribution in [0, 0.1) is 10.4 Å². The molecule has 2 aromatic rings. The van der Waals surface area contributed by atoms with Gasteiger partial charge in [-0.3, -0.25) is 9.59 Å². The Labute approximate surface area is 148 Å². The zero-order valence-corrected chi connectivity index (χ0v) is 15.4. The van der Waals surface area contributed by atoms with E-state index in [0.29, 0.717) is 21.8 Å². The van der Waals surface area contributed by atoms with Gasteiger partial charge in [-0.25, -0.2) is 9.97 Å². The van der Waals surface area contributed by atoms with Crippen molar-refractivity contribution in [3.63, 3.8) is 0 Å². The van der Waals surface area contributed by atoms with Gasteiger partial charge in [0, 0.05) is 0 Å². The Morgan fingerprint density at radius 2 is 1.14 bits per heavy atom. The molecule has 0 bridgehead atoms. The van der Waals surface area contributed by atoms with Crippen molar-refractivity contribution in [2.24, 2.45) is 0 Å². The molecule has 0 unspecified atom stereocenters. The standard InChI is InChI=1S/C14H4Br2N2O2S2/c15-7-3-1-5(21-7)11-9-10(14(20)17-11)12(18-13(9)19)6-2-4-8(16)22-6/h1-4H. The predicted octanol–water partition coefficient (Wildman–Crippen LogP) is 3.78. The first-order valence-electron chi connectivity index (χ1n) is 6.07. The van der Waals surface area contributed by atoms with Gasteiger partial charge in [0.1, 0.15) is 0 Å². The molecule has 2 aromatic heterocycles. The van der Waals surface area contributed by atoms with Gasteiger partial charge in [-0.15, -0.1) is 22.7 Å². The lowest BCUT2D eigenvalue weighted by molar-refractivity contribution is 1.24. The van der Waals surface area contributed by atoms with Crippen molar-refractivity contribution in [1.29, 1.82) is 0 Å². The van der Waals surface area contributed by atoms with E-state index in [4.69, 9.17) is 0 Å². The van der Waals surface area contributed by atoms with E-state index in [1.54, 1.807) is 0 Å². The summed E-state index contributed by atoms with van der Waals surface area (Å²) < 4.78 is 1.83. The van der Waals surface area contributed by atoms with Crippen molar-refractivity contribution in [2.75, 3.05) is 0 Å². The highest BCUT2D eigenvalue weighted by Crippen LogP contribution is 2.33. The van der Waals surface area contributed by atoms with Crippen LogP contribution in [0.15, 0.2) is 41.4 Å². The molecule has 8 heteroatoms. The maximum Gasteiger partial charge on any atom is 0.280 e. The number of nitrogens with zero attached hydrogens (tertiary/aromatic N) is 2. The molecule has 0 amide bonds. The molecule has 0 aliphatic carbocycles. The van der Waals surface area contributed by atoms with Crippen molar-refractivity contribution in [2.45, 2.75) is 0 Å². The van der Waals surface area contributed by atoms with Crippen LogP contribution in [0.4, 0.5) is 0 Å². The van der Waals surface area contributed by atoms with Crippen LogP contribution < -0.4 is 11.1 Å². The Morgan fingerprint density at radius 3 is 1.45 bits per heavy atom. The zero-order chi connectivity index (χ0) is 15.4. The van der Waals surface area contributed by atoms with Crippen molar-refractivity contribution >= 4 is 54.5 Å². The third kappa shape index (κ3) is 2.13. The molecule has 0 saturated carbocycles. The molecule has 0 radical (unpaired) electrons. The predicted molar refractivity (Wildman–Crippen MR) is 94.3 cm³/mol. The van der Waals surface area contributed by atoms with E-state index in [1.165, 1.54) is 22.7 Å². The Bertz CT molecular complexity index is 1060. The fourth-order valence-corrected chi connectivity index (χ4v) is 5.08. The maximum absolute atomic E-state index is 12.3. The molecule has 0 atom stereocenters. The van der Waals surface area contributed by atoms with Crippen LogP contribution in [-0.2, 0) is 0 Å². The molecule has 0 fully saturated rings. The van der Waals surface area contributed by atoms with Crippen LogP contribution in [0.5, 0.6) is 0 Å². The zero-order valence-electron chi connectivity index (χ0n) is 10.6. The van der Waals surface area contributed by atoms with Crippen LogP contribution >= 0.6 is 54.5 Å². The molecule has 2 aliphatic heterocycles. The molecule has 0 spiro atoms. The van der Waals surface area contributed by atoms with Crippen LogP contribution in [0.25, 0.3) is 21.1 Å². The molecule has 4 heterocycles. The summed E-state index contributed by atoms with van der Waals surface area (Å²) in [6.07, 6.45) is 0. The topological polar surface area (TPSA) is 59.9 Å². The minimum Gasteiger partial charge on any atom is -0.267 e. The van der Waals surface area contributed by atoms with Gasteiger partial charge in [-0.05, 0) is 56.1 Å². The first-order valence-corrected chi connectivity index (χ1v) is 9.29. The molecule has 22 heavy (non-hydrogen) atoms. The molecule has 2 aliphatic rings. The van der Waals surface area contributed by atoms with E-state index < -0.39 is 11.1 Å². The lowest BCUT2D eigenvalue weighted by Gasteiger charge is -1.87. The summed E-state index contributed by atoms with van der Waals surface area (Å²) in [5.41, 5.74) is 0.0532. The van der Waals surface area contributed by atoms with Gasteiger partial charge in [-0.2, -0.15) is 0 Å². The lowest BCUT2D eigenvalue weighted by Crippen LogP contribution is -2.03. The SMILES string of the molecule is O=c1nc(-c2ccc(Br)s2)c2c(=O)nc(-c3ccc(Br)s3)c1=2. The van der Waals surface area contributed by atoms with Crippen LogP contribution in [0.3, 0.4) is 0 Å². The Hall–Kier alpha value is -1.22. The van der Waals surface area contributed by atoms with E-state index in [2.05, 4.69) is 41.8 Å². The lowest BCUT2D eigenvalue weighted by atomic mass is 10.2. The number of hydrogen-bond donors (Lipinski definition) is 0. The highest BCUT2D eigenvalue weighted by Gasteiger charge is 2.21. The third-order valence-electron chi connectivity index (χ3n) is 3.19. The molecular formula is C14H4Br2N2O2S2. The van der Waals surface area contributed by atoms with Crippen LogP contribution in [0.2, 0.25) is 0 Å². The van der Waals surface area contributed by atoms with Gasteiger partial charge in [0.05, 0.1) is 39.2 Å². The summed E-state index contributed by atoms with van der Waals surface area (Å²) in [6.45, 7) is 0. The number of hydrogen-bond acceptors (Lipinski definition) is 6. The van der Waals surface area contributed by atoms with Gasteiger partial charge in [0.2, 0.25) is 0 Å². The highest BCUT2D eigenvalue weighted by atomic mass is 79.9. The minimum atomic E-state index is -0.399. The summed E-state index contributed by atoms with van der Waals surface area (Å²) in [5, 5.41) is 0.637. The first kappa shape index (κ1) is 14.4. The summed E-state index contributed by atoms with van der Waals surface area (Å²) in [6, 6.07) is 7.40. The maximum atomic E-state index is 12.3. The Balaban J connectivity index is 2.10. The van der Waals surface area contributed by atoms with Crippen molar-refractivity contribution in [1.82, 2.24) is 9.97 Å². The van der Waals surface area contributed by atoms with Crippen molar-refractivity contribution < 1.29 is 0 Å². The average Bonchev–Trinajstić information content (AvgIpc) is 3.19. The average molecular weight is 456 g/mol. The monoisotopic (exact) mass is 454 g/mol. The molecule has 0 N–H and O–H groups in total. The molecule has 4 nitrogen and oxygen atoms in total. The van der Waals surface area contributed by atoms with E-state index in [9.17, 15) is 9.59 Å². The fraction of sp³-hybridized carbons (Fsp3) is 0. The van der Waals surface area contributed by atoms with Crippen LogP contribution in [0.1, 0.15) is 0 Å². The van der Waals surface area contributed by atoms with Crippen molar-refractivity contribution in [3.05, 3.63) is 63.0 Å². The number of rotatable bonds is 2. The highest BCUT2D eigenvalue weighted by molar-refractivity contribution is 9.11. The van der Waals surface area contributed by atoms with E-state index in [0.717, 1.165) is 17.3 Å². The van der Waals surface area contributed by atoms with Crippen molar-refractivity contribution in [3.8, 4) is 21.1 Å². The minimum absolute atomic E-state index is 0.318. The normalized spacial score (nSPS) is 11.5. The molecular weight excluding hydrogens is 452 g/mol. The van der Waals surface area contributed by atoms with Gasteiger partial charge in [0.15, 0.2) is 0 Å². The molecule has 0 saturated heterocycles. The summed E-state index contributed by atoms with van der Waals surface area (Å²) >= 11 is 9.62. The van der Waals surface area contributed by atoms with E-state index >= 15 is 0 Å². The van der Waals surface area contributed by atoms with Gasteiger partial charge in [0.25, 0.3) is 11.1 Å². The quantitative estimate of drug-likeness (QED) is 0.461. The van der Waals surface area contributed by atoms with Gasteiger partial charge in [-0.1, -0.05) is 0 Å². The molecule has 108 valence electrons. The number of aromatic nitrogens is 2. The Morgan fingerprint density at radius 1 is 0.727 bits per heavy atom. The number of thiophene rings is 2. The largest absolute Gasteiger partial charge is 0.280 e. The second-order valence-corrected chi connectivity index (χ2v) is 9.41. The second-order valence-electron chi connectivity index (χ2n) is 4.49. The van der Waals surface area contributed by atoms with Gasteiger partial charge < -0.3 is 0 Å². The summed E-state index contributed by atoms with van der Waals surface area (Å²) in [4.78, 5) is 34.3.